The number of nitrogens with one attached hydrogen (secondary N) is 1. The molecule has 0 aliphatic rings. The maximum absolute atomic E-state index is 5.60. The molecule has 0 aliphatic heterocycles. The van der Waals surface area contributed by atoms with E-state index in [1.807, 2.05) is 53.6 Å². The molecule has 2 heterocycles. The average molecular weight is 281 g/mol. The van der Waals surface area contributed by atoms with Crippen molar-refractivity contribution in [1.82, 2.24) is 19.7 Å². The minimum atomic E-state index is 0.341. The lowest BCUT2D eigenvalue weighted by Gasteiger charge is -2.05. The molecule has 1 atom stereocenters. The summed E-state index contributed by atoms with van der Waals surface area (Å²) < 4.78 is 1.86. The molecule has 5 nitrogen and oxygen atoms in total. The van der Waals surface area contributed by atoms with Gasteiger partial charge in [-0.1, -0.05) is 25.1 Å². The minimum Gasteiger partial charge on any atom is -0.342 e. The van der Waals surface area contributed by atoms with Crippen molar-refractivity contribution in [2.45, 2.75) is 19.3 Å². The molecule has 0 amide bonds. The quantitative estimate of drug-likeness (QED) is 0.755. The van der Waals surface area contributed by atoms with Gasteiger partial charge in [0.1, 0.15) is 5.82 Å². The van der Waals surface area contributed by atoms with E-state index < -0.39 is 0 Å². The molecule has 5 heteroatoms. The van der Waals surface area contributed by atoms with Crippen LogP contribution in [0, 0.1) is 0 Å². The van der Waals surface area contributed by atoms with E-state index in [1.165, 1.54) is 0 Å². The topological polar surface area (TPSA) is 72.5 Å². The first kappa shape index (κ1) is 13.6. The van der Waals surface area contributed by atoms with Crippen molar-refractivity contribution in [2.75, 3.05) is 6.54 Å². The summed E-state index contributed by atoms with van der Waals surface area (Å²) in [6, 6.07) is 10.0. The molecule has 1 aromatic carbocycles. The molecule has 0 radical (unpaired) electrons. The molecular weight excluding hydrogens is 262 g/mol. The van der Waals surface area contributed by atoms with Crippen LogP contribution in [0.1, 0.15) is 25.1 Å². The van der Waals surface area contributed by atoms with E-state index in [2.05, 4.69) is 22.0 Å². The summed E-state index contributed by atoms with van der Waals surface area (Å²) in [5.41, 5.74) is 8.65. The Bertz CT molecular complexity index is 698. The summed E-state index contributed by atoms with van der Waals surface area (Å²) in [6.07, 6.45) is 6.63. The van der Waals surface area contributed by atoms with Gasteiger partial charge < -0.3 is 10.7 Å². The fourth-order valence-electron chi connectivity index (χ4n) is 2.30. The van der Waals surface area contributed by atoms with E-state index in [1.54, 1.807) is 0 Å². The molecule has 0 saturated heterocycles. The van der Waals surface area contributed by atoms with Crippen LogP contribution in [0.4, 0.5) is 0 Å². The Morgan fingerprint density at radius 3 is 2.81 bits per heavy atom. The Morgan fingerprint density at radius 1 is 1.24 bits per heavy atom. The largest absolute Gasteiger partial charge is 0.342 e. The van der Waals surface area contributed by atoms with Crippen LogP contribution in [0.15, 0.2) is 48.9 Å². The van der Waals surface area contributed by atoms with E-state index in [-0.39, 0.29) is 0 Å². The molecule has 2 aromatic heterocycles. The number of imidazole rings is 1. The maximum Gasteiger partial charge on any atom is 0.109 e. The summed E-state index contributed by atoms with van der Waals surface area (Å²) in [6.45, 7) is 2.80. The van der Waals surface area contributed by atoms with Crippen LogP contribution >= 0.6 is 0 Å². The summed E-state index contributed by atoms with van der Waals surface area (Å²) >= 11 is 0. The number of hydrogen-bond donors (Lipinski definition) is 2. The number of para-hydroxylation sites is 1. The third kappa shape index (κ3) is 2.87. The van der Waals surface area contributed by atoms with Crippen molar-refractivity contribution in [2.24, 2.45) is 5.73 Å². The Labute approximate surface area is 123 Å². The number of aromatic nitrogens is 4. The summed E-state index contributed by atoms with van der Waals surface area (Å²) in [7, 11) is 0. The molecule has 21 heavy (non-hydrogen) atoms. The zero-order chi connectivity index (χ0) is 14.7. The molecule has 3 N–H and O–H groups in total. The van der Waals surface area contributed by atoms with Gasteiger partial charge in [-0.15, -0.1) is 0 Å². The monoisotopic (exact) mass is 281 g/mol. The number of benzene rings is 1. The summed E-state index contributed by atoms with van der Waals surface area (Å²) in [5.74, 6) is 1.32. The van der Waals surface area contributed by atoms with Crippen molar-refractivity contribution >= 4 is 0 Å². The normalized spacial score (nSPS) is 12.5. The first-order chi connectivity index (χ1) is 10.3. The second-order valence-corrected chi connectivity index (χ2v) is 5.17. The van der Waals surface area contributed by atoms with Gasteiger partial charge in [0.25, 0.3) is 0 Å². The average Bonchev–Trinajstić information content (AvgIpc) is 3.17. The van der Waals surface area contributed by atoms with Crippen LogP contribution in [0.25, 0.3) is 16.9 Å². The van der Waals surface area contributed by atoms with Gasteiger partial charge in [-0.3, -0.25) is 0 Å². The number of nitrogens with two attached hydrogens (primary N) is 1. The lowest BCUT2D eigenvalue weighted by Crippen LogP contribution is -2.05. The highest BCUT2D eigenvalue weighted by Gasteiger charge is 2.11. The predicted octanol–water partition coefficient (Wildman–Crippen LogP) is 2.71. The van der Waals surface area contributed by atoms with Crippen molar-refractivity contribution in [3.8, 4) is 16.9 Å². The number of aromatic amines is 1. The molecule has 0 saturated carbocycles. The number of H-pyrrole nitrogens is 1. The van der Waals surface area contributed by atoms with E-state index in [0.29, 0.717) is 12.5 Å². The Hall–Kier alpha value is -2.40. The molecule has 108 valence electrons. The van der Waals surface area contributed by atoms with E-state index in [0.717, 1.165) is 29.2 Å². The predicted molar refractivity (Wildman–Crippen MR) is 83.2 cm³/mol. The molecule has 0 bridgehead atoms. The SMILES string of the molecule is CC(CCN)c1ncc(-c2cnn(-c3ccccc3)c2)[nH]1. The van der Waals surface area contributed by atoms with Crippen molar-refractivity contribution in [3.05, 3.63) is 54.7 Å². The van der Waals surface area contributed by atoms with E-state index >= 15 is 0 Å². The fraction of sp³-hybridized carbons (Fsp3) is 0.250. The highest BCUT2D eigenvalue weighted by Crippen LogP contribution is 2.22. The molecule has 0 spiro atoms. The van der Waals surface area contributed by atoms with Crippen LogP contribution in [0.2, 0.25) is 0 Å². The smallest absolute Gasteiger partial charge is 0.109 e. The van der Waals surface area contributed by atoms with Crippen LogP contribution in [-0.2, 0) is 0 Å². The van der Waals surface area contributed by atoms with E-state index in [4.69, 9.17) is 5.73 Å². The van der Waals surface area contributed by atoms with Crippen LogP contribution in [0.3, 0.4) is 0 Å². The Kier molecular flexibility index (Phi) is 3.83. The second kappa shape index (κ2) is 5.93. The second-order valence-electron chi connectivity index (χ2n) is 5.17. The van der Waals surface area contributed by atoms with Crippen LogP contribution in [0.5, 0.6) is 0 Å². The maximum atomic E-state index is 5.60. The van der Waals surface area contributed by atoms with Gasteiger partial charge in [0.2, 0.25) is 0 Å². The van der Waals surface area contributed by atoms with Gasteiger partial charge in [-0.2, -0.15) is 5.10 Å². The molecule has 0 fully saturated rings. The van der Waals surface area contributed by atoms with Gasteiger partial charge in [0, 0.05) is 17.7 Å². The highest BCUT2D eigenvalue weighted by atomic mass is 15.3. The van der Waals surface area contributed by atoms with Gasteiger partial charge in [0.15, 0.2) is 0 Å². The zero-order valence-corrected chi connectivity index (χ0v) is 12.0. The Morgan fingerprint density at radius 2 is 2.05 bits per heavy atom. The number of rotatable bonds is 5. The van der Waals surface area contributed by atoms with Gasteiger partial charge >= 0.3 is 0 Å². The summed E-state index contributed by atoms with van der Waals surface area (Å²) in [4.78, 5) is 7.80. The fourth-order valence-corrected chi connectivity index (χ4v) is 2.30. The van der Waals surface area contributed by atoms with Crippen LogP contribution < -0.4 is 5.73 Å². The lowest BCUT2D eigenvalue weighted by molar-refractivity contribution is 0.655. The van der Waals surface area contributed by atoms with Crippen LogP contribution in [-0.4, -0.2) is 26.3 Å². The van der Waals surface area contributed by atoms with Crippen molar-refractivity contribution in [1.29, 1.82) is 0 Å². The minimum absolute atomic E-state index is 0.341. The van der Waals surface area contributed by atoms with E-state index in [9.17, 15) is 0 Å². The highest BCUT2D eigenvalue weighted by molar-refractivity contribution is 5.57. The first-order valence-electron chi connectivity index (χ1n) is 7.13. The molecule has 1 unspecified atom stereocenters. The molecule has 0 aliphatic carbocycles. The van der Waals surface area contributed by atoms with Crippen molar-refractivity contribution in [3.63, 3.8) is 0 Å². The Balaban J connectivity index is 1.84. The molecule has 3 aromatic rings. The number of hydrogen-bond acceptors (Lipinski definition) is 3. The first-order valence-corrected chi connectivity index (χ1v) is 7.13. The molecular formula is C16H19N5. The zero-order valence-electron chi connectivity index (χ0n) is 12.0. The standard InChI is InChI=1S/C16H19N5/c1-12(7-8-17)16-18-10-15(20-16)13-9-19-21(11-13)14-5-3-2-4-6-14/h2-6,9-12H,7-8,17H2,1H3,(H,18,20). The third-order valence-corrected chi connectivity index (χ3v) is 3.58. The van der Waals surface area contributed by atoms with Gasteiger partial charge in [-0.25, -0.2) is 9.67 Å². The number of nitrogens with zero attached hydrogens (tertiary/aromatic N) is 3. The summed E-state index contributed by atoms with van der Waals surface area (Å²) in [5, 5.41) is 4.40. The molecule has 3 rings (SSSR count). The lowest BCUT2D eigenvalue weighted by atomic mass is 10.1. The third-order valence-electron chi connectivity index (χ3n) is 3.58. The van der Waals surface area contributed by atoms with Crippen molar-refractivity contribution < 1.29 is 0 Å². The van der Waals surface area contributed by atoms with Gasteiger partial charge in [-0.05, 0) is 25.1 Å². The van der Waals surface area contributed by atoms with Gasteiger partial charge in [0.05, 0.1) is 23.8 Å².